The minimum atomic E-state index is -0.926. The number of carbonyl (C=O) groups is 1. The van der Waals surface area contributed by atoms with Crippen molar-refractivity contribution in [2.45, 2.75) is 6.42 Å². The summed E-state index contributed by atoms with van der Waals surface area (Å²) in [5.74, 6) is -0.780. The second kappa shape index (κ2) is 5.52. The van der Waals surface area contributed by atoms with Crippen LogP contribution in [0.2, 0.25) is 0 Å². The Morgan fingerprint density at radius 2 is 1.95 bits per heavy atom. The predicted octanol–water partition coefficient (Wildman–Crippen LogP) is 3.13. The number of rotatable bonds is 4. The predicted molar refractivity (Wildman–Crippen MR) is 69.7 cm³/mol. The number of halogens is 1. The van der Waals surface area contributed by atoms with Crippen LogP contribution in [-0.4, -0.2) is 18.2 Å². The third kappa shape index (κ3) is 2.91. The lowest BCUT2D eigenvalue weighted by Crippen LogP contribution is -2.01. The van der Waals surface area contributed by atoms with E-state index in [-0.39, 0.29) is 12.2 Å². The van der Waals surface area contributed by atoms with Gasteiger partial charge in [0, 0.05) is 11.1 Å². The molecular weight excluding hydrogens is 247 g/mol. The van der Waals surface area contributed by atoms with Crippen molar-refractivity contribution in [2.75, 3.05) is 7.11 Å². The molecule has 0 aromatic heterocycles. The first kappa shape index (κ1) is 13.1. The first-order valence-corrected chi connectivity index (χ1v) is 5.75. The first-order valence-electron chi connectivity index (χ1n) is 5.75. The van der Waals surface area contributed by atoms with Crippen LogP contribution in [0.3, 0.4) is 0 Å². The summed E-state index contributed by atoms with van der Waals surface area (Å²) in [5, 5.41) is 8.80. The summed E-state index contributed by atoms with van der Waals surface area (Å²) < 4.78 is 19.0. The van der Waals surface area contributed by atoms with Gasteiger partial charge in [0.05, 0.1) is 13.5 Å². The van der Waals surface area contributed by atoms with Gasteiger partial charge in [-0.1, -0.05) is 24.3 Å². The Balaban J connectivity index is 2.53. The highest BCUT2D eigenvalue weighted by molar-refractivity contribution is 5.75. The Kier molecular flexibility index (Phi) is 3.80. The maximum atomic E-state index is 13.8. The second-order valence-corrected chi connectivity index (χ2v) is 4.08. The topological polar surface area (TPSA) is 46.5 Å². The summed E-state index contributed by atoms with van der Waals surface area (Å²) in [6, 6.07) is 11.3. The number of hydrogen-bond acceptors (Lipinski definition) is 2. The molecule has 0 amide bonds. The van der Waals surface area contributed by atoms with Crippen molar-refractivity contribution in [3.63, 3.8) is 0 Å². The average Bonchev–Trinajstić information content (AvgIpc) is 2.38. The number of hydrogen-bond donors (Lipinski definition) is 1. The van der Waals surface area contributed by atoms with Crippen LogP contribution in [0.15, 0.2) is 42.5 Å². The molecule has 0 atom stereocenters. The average molecular weight is 260 g/mol. The second-order valence-electron chi connectivity index (χ2n) is 4.08. The van der Waals surface area contributed by atoms with Crippen LogP contribution in [0, 0.1) is 5.82 Å². The van der Waals surface area contributed by atoms with Gasteiger partial charge in [0.1, 0.15) is 11.6 Å². The van der Waals surface area contributed by atoms with Crippen LogP contribution in [0.1, 0.15) is 5.56 Å². The van der Waals surface area contributed by atoms with Gasteiger partial charge in [-0.05, 0) is 23.8 Å². The van der Waals surface area contributed by atoms with Crippen molar-refractivity contribution in [3.8, 4) is 16.9 Å². The molecule has 0 spiro atoms. The monoisotopic (exact) mass is 260 g/mol. The molecule has 0 bridgehead atoms. The standard InChI is InChI=1S/C15H13FO3/c1-19-14-7-6-10(9-15(17)18)8-12(14)11-4-2-3-5-13(11)16/h2-8H,9H2,1H3,(H,17,18). The van der Waals surface area contributed by atoms with Gasteiger partial charge < -0.3 is 9.84 Å². The van der Waals surface area contributed by atoms with Gasteiger partial charge in [0.25, 0.3) is 0 Å². The number of ether oxygens (including phenoxy) is 1. The van der Waals surface area contributed by atoms with E-state index in [2.05, 4.69) is 0 Å². The third-order valence-corrected chi connectivity index (χ3v) is 2.78. The van der Waals surface area contributed by atoms with Crippen LogP contribution < -0.4 is 4.74 Å². The molecule has 0 fully saturated rings. The van der Waals surface area contributed by atoms with Crippen molar-refractivity contribution < 1.29 is 19.0 Å². The summed E-state index contributed by atoms with van der Waals surface area (Å²) >= 11 is 0. The van der Waals surface area contributed by atoms with Crippen LogP contribution in [0.25, 0.3) is 11.1 Å². The zero-order valence-corrected chi connectivity index (χ0v) is 10.4. The lowest BCUT2D eigenvalue weighted by molar-refractivity contribution is -0.136. The number of benzene rings is 2. The SMILES string of the molecule is COc1ccc(CC(=O)O)cc1-c1ccccc1F. The van der Waals surface area contributed by atoms with Gasteiger partial charge in [0.2, 0.25) is 0 Å². The zero-order valence-electron chi connectivity index (χ0n) is 10.4. The van der Waals surface area contributed by atoms with E-state index >= 15 is 0 Å². The Bertz CT molecular complexity index is 608. The van der Waals surface area contributed by atoms with Crippen molar-refractivity contribution >= 4 is 5.97 Å². The molecule has 0 heterocycles. The van der Waals surface area contributed by atoms with Gasteiger partial charge in [0.15, 0.2) is 0 Å². The van der Waals surface area contributed by atoms with E-state index in [4.69, 9.17) is 9.84 Å². The molecule has 0 aliphatic rings. The van der Waals surface area contributed by atoms with Gasteiger partial charge >= 0.3 is 5.97 Å². The quantitative estimate of drug-likeness (QED) is 0.918. The van der Waals surface area contributed by atoms with Crippen molar-refractivity contribution in [3.05, 3.63) is 53.8 Å². The number of carboxylic acids is 1. The van der Waals surface area contributed by atoms with Gasteiger partial charge in [-0.2, -0.15) is 0 Å². The molecule has 4 heteroatoms. The van der Waals surface area contributed by atoms with E-state index in [0.29, 0.717) is 22.4 Å². The molecule has 19 heavy (non-hydrogen) atoms. The van der Waals surface area contributed by atoms with Crippen LogP contribution in [0.5, 0.6) is 5.75 Å². The molecule has 0 saturated heterocycles. The summed E-state index contributed by atoms with van der Waals surface area (Å²) in [5.41, 5.74) is 1.55. The van der Waals surface area contributed by atoms with Crippen LogP contribution >= 0.6 is 0 Å². The number of carboxylic acid groups (broad SMARTS) is 1. The Morgan fingerprint density at radius 1 is 1.21 bits per heavy atom. The van der Waals surface area contributed by atoms with Crippen molar-refractivity contribution in [1.82, 2.24) is 0 Å². The first-order chi connectivity index (χ1) is 9.11. The third-order valence-electron chi connectivity index (χ3n) is 2.78. The molecule has 2 aromatic rings. The zero-order chi connectivity index (χ0) is 13.8. The molecular formula is C15H13FO3. The molecule has 1 N–H and O–H groups in total. The minimum Gasteiger partial charge on any atom is -0.496 e. The Morgan fingerprint density at radius 3 is 2.58 bits per heavy atom. The largest absolute Gasteiger partial charge is 0.496 e. The maximum absolute atomic E-state index is 13.8. The summed E-state index contributed by atoms with van der Waals surface area (Å²) in [7, 11) is 1.50. The highest BCUT2D eigenvalue weighted by atomic mass is 19.1. The van der Waals surface area contributed by atoms with E-state index in [9.17, 15) is 9.18 Å². The lowest BCUT2D eigenvalue weighted by Gasteiger charge is -2.11. The van der Waals surface area contributed by atoms with E-state index in [1.807, 2.05) is 0 Å². The molecule has 0 radical (unpaired) electrons. The van der Waals surface area contributed by atoms with E-state index in [1.54, 1.807) is 36.4 Å². The van der Waals surface area contributed by atoms with Crippen molar-refractivity contribution in [1.29, 1.82) is 0 Å². The fraction of sp³-hybridized carbons (Fsp3) is 0.133. The summed E-state index contributed by atoms with van der Waals surface area (Å²) in [6.07, 6.45) is -0.106. The number of aliphatic carboxylic acids is 1. The molecule has 0 saturated carbocycles. The van der Waals surface area contributed by atoms with E-state index in [1.165, 1.54) is 13.2 Å². The maximum Gasteiger partial charge on any atom is 0.307 e. The molecule has 2 rings (SSSR count). The Hall–Kier alpha value is -2.36. The minimum absolute atomic E-state index is 0.106. The smallest absolute Gasteiger partial charge is 0.307 e. The van der Waals surface area contributed by atoms with E-state index < -0.39 is 5.97 Å². The fourth-order valence-electron chi connectivity index (χ4n) is 1.93. The van der Waals surface area contributed by atoms with Gasteiger partial charge in [-0.15, -0.1) is 0 Å². The van der Waals surface area contributed by atoms with Crippen molar-refractivity contribution in [2.24, 2.45) is 0 Å². The van der Waals surface area contributed by atoms with Gasteiger partial charge in [-0.25, -0.2) is 4.39 Å². The van der Waals surface area contributed by atoms with Crippen LogP contribution in [-0.2, 0) is 11.2 Å². The van der Waals surface area contributed by atoms with Crippen LogP contribution in [0.4, 0.5) is 4.39 Å². The lowest BCUT2D eigenvalue weighted by atomic mass is 10.00. The molecule has 2 aromatic carbocycles. The summed E-state index contributed by atoms with van der Waals surface area (Å²) in [4.78, 5) is 10.7. The Labute approximate surface area is 110 Å². The molecule has 98 valence electrons. The molecule has 0 unspecified atom stereocenters. The highest BCUT2D eigenvalue weighted by Crippen LogP contribution is 2.32. The molecule has 3 nitrogen and oxygen atoms in total. The molecule has 0 aliphatic carbocycles. The number of methoxy groups -OCH3 is 1. The fourth-order valence-corrected chi connectivity index (χ4v) is 1.93. The van der Waals surface area contributed by atoms with E-state index in [0.717, 1.165) is 0 Å². The van der Waals surface area contributed by atoms with Gasteiger partial charge in [-0.3, -0.25) is 4.79 Å². The summed E-state index contributed by atoms with van der Waals surface area (Å²) in [6.45, 7) is 0. The normalized spacial score (nSPS) is 10.2. The highest BCUT2D eigenvalue weighted by Gasteiger charge is 2.12. The molecule has 0 aliphatic heterocycles.